The van der Waals surface area contributed by atoms with Crippen molar-refractivity contribution in [1.29, 1.82) is 0 Å². The number of hydrazine groups is 1. The Morgan fingerprint density at radius 1 is 1.22 bits per heavy atom. The van der Waals surface area contributed by atoms with Gasteiger partial charge in [0.05, 0.1) is 4.75 Å². The minimum absolute atomic E-state index is 0.335. The lowest BCUT2D eigenvalue weighted by atomic mass is 9.89. The average molecular weight is 405 g/mol. The molecule has 1 heterocycles. The van der Waals surface area contributed by atoms with Gasteiger partial charge >= 0.3 is 6.03 Å². The summed E-state index contributed by atoms with van der Waals surface area (Å²) in [7, 11) is 0. The lowest BCUT2D eigenvalue weighted by Gasteiger charge is -2.42. The second kappa shape index (κ2) is 8.21. The lowest BCUT2D eigenvalue weighted by Crippen LogP contribution is -2.50. The molecule has 2 aromatic carbocycles. The second-order valence-electron chi connectivity index (χ2n) is 6.46. The largest absolute Gasteiger partial charge is 0.351 e. The van der Waals surface area contributed by atoms with Crippen LogP contribution in [-0.4, -0.2) is 35.7 Å². The molecule has 1 unspecified atom stereocenters. The van der Waals surface area contributed by atoms with Crippen LogP contribution >= 0.6 is 23.4 Å². The molecule has 1 aliphatic rings. The van der Waals surface area contributed by atoms with E-state index in [9.17, 15) is 9.59 Å². The summed E-state index contributed by atoms with van der Waals surface area (Å²) in [5.74, 6) is 5.63. The highest BCUT2D eigenvalue weighted by atomic mass is 35.5. The summed E-state index contributed by atoms with van der Waals surface area (Å²) in [6.45, 7) is 1.12. The van der Waals surface area contributed by atoms with Gasteiger partial charge in [0.2, 0.25) is 0 Å². The van der Waals surface area contributed by atoms with Crippen molar-refractivity contribution in [1.82, 2.24) is 10.3 Å². The minimum atomic E-state index is -0.420. The smallest absolute Gasteiger partial charge is 0.314 e. The van der Waals surface area contributed by atoms with Gasteiger partial charge in [-0.1, -0.05) is 35.9 Å². The number of carbonyl (C=O) groups is 2. The van der Waals surface area contributed by atoms with Crippen molar-refractivity contribution in [3.05, 3.63) is 70.2 Å². The van der Waals surface area contributed by atoms with Crippen molar-refractivity contribution in [3.8, 4) is 0 Å². The summed E-state index contributed by atoms with van der Waals surface area (Å²) in [6.07, 6.45) is 0.673. The zero-order chi connectivity index (χ0) is 19.4. The minimum Gasteiger partial charge on any atom is -0.351 e. The lowest BCUT2D eigenvalue weighted by molar-refractivity contribution is 0.0953. The molecule has 142 valence electrons. The molecule has 5 N–H and O–H groups in total. The summed E-state index contributed by atoms with van der Waals surface area (Å²) in [6, 6.07) is 14.6. The predicted octanol–water partition coefficient (Wildman–Crippen LogP) is 2.51. The fourth-order valence-electron chi connectivity index (χ4n) is 3.31. The Labute approximate surface area is 167 Å². The Morgan fingerprint density at radius 3 is 2.59 bits per heavy atom. The highest BCUT2D eigenvalue weighted by Crippen LogP contribution is 2.43. The fraction of sp³-hybridized carbons (Fsp3) is 0.263. The normalized spacial score (nSPS) is 19.6. The molecule has 3 rings (SSSR count). The molecule has 6 nitrogen and oxygen atoms in total. The Morgan fingerprint density at radius 2 is 1.96 bits per heavy atom. The number of carbonyl (C=O) groups excluding carboxylic acids is 2. The summed E-state index contributed by atoms with van der Waals surface area (Å²) < 4.78 is -0.365. The molecular weight excluding hydrogens is 384 g/mol. The fourth-order valence-corrected chi connectivity index (χ4v) is 5.02. The van der Waals surface area contributed by atoms with Crippen LogP contribution in [0.3, 0.4) is 0 Å². The van der Waals surface area contributed by atoms with Gasteiger partial charge in [0.25, 0.3) is 5.91 Å². The van der Waals surface area contributed by atoms with Crippen LogP contribution in [0.2, 0.25) is 5.02 Å². The van der Waals surface area contributed by atoms with Gasteiger partial charge in [0.1, 0.15) is 0 Å². The number of halogens is 1. The Balaban J connectivity index is 1.95. The molecule has 3 amide bonds. The molecule has 2 aromatic rings. The number of urea groups is 1. The standard InChI is InChI=1S/C19H21ClN4O2S/c20-16-3-1-2-15(10-16)19(12-24(18(21)26)8-9-27-19)11-13-4-6-14(7-5-13)17(25)23-22/h1-7,10H,8-9,11-12,22H2,(H2,21,26)(H,23,25). The van der Waals surface area contributed by atoms with Crippen LogP contribution in [0.15, 0.2) is 48.5 Å². The predicted molar refractivity (Wildman–Crippen MR) is 109 cm³/mol. The molecule has 1 fully saturated rings. The highest BCUT2D eigenvalue weighted by Gasteiger charge is 2.39. The van der Waals surface area contributed by atoms with E-state index in [1.165, 1.54) is 0 Å². The molecule has 0 bridgehead atoms. The van der Waals surface area contributed by atoms with E-state index in [2.05, 4.69) is 5.43 Å². The second-order valence-corrected chi connectivity index (χ2v) is 8.37. The van der Waals surface area contributed by atoms with E-state index in [0.717, 1.165) is 16.9 Å². The van der Waals surface area contributed by atoms with Gasteiger partial charge < -0.3 is 10.6 Å². The monoisotopic (exact) mass is 404 g/mol. The van der Waals surface area contributed by atoms with Crippen LogP contribution in [0.25, 0.3) is 0 Å². The highest BCUT2D eigenvalue weighted by molar-refractivity contribution is 8.00. The molecular formula is C19H21ClN4O2S. The maximum atomic E-state index is 11.8. The van der Waals surface area contributed by atoms with Crippen LogP contribution in [0.1, 0.15) is 21.5 Å². The Kier molecular flexibility index (Phi) is 5.94. The van der Waals surface area contributed by atoms with Crippen molar-refractivity contribution in [2.75, 3.05) is 18.8 Å². The van der Waals surface area contributed by atoms with Gasteiger partial charge in [-0.15, -0.1) is 11.8 Å². The molecule has 1 aliphatic heterocycles. The van der Waals surface area contributed by atoms with E-state index in [4.69, 9.17) is 23.2 Å². The van der Waals surface area contributed by atoms with Gasteiger partial charge in [0.15, 0.2) is 0 Å². The van der Waals surface area contributed by atoms with Crippen molar-refractivity contribution in [3.63, 3.8) is 0 Å². The molecule has 0 spiro atoms. The number of hydrogen-bond acceptors (Lipinski definition) is 4. The van der Waals surface area contributed by atoms with Gasteiger partial charge in [-0.05, 0) is 41.8 Å². The number of benzene rings is 2. The third-order valence-electron chi connectivity index (χ3n) is 4.69. The number of nitrogens with zero attached hydrogens (tertiary/aromatic N) is 1. The SMILES string of the molecule is NNC(=O)c1ccc(CC2(c3cccc(Cl)c3)CN(C(N)=O)CCS2)cc1. The first-order valence-electron chi connectivity index (χ1n) is 8.48. The molecule has 0 radical (unpaired) electrons. The van der Waals surface area contributed by atoms with E-state index in [1.807, 2.05) is 36.4 Å². The quantitative estimate of drug-likeness (QED) is 0.414. The van der Waals surface area contributed by atoms with Gasteiger partial charge in [-0.25, -0.2) is 10.6 Å². The summed E-state index contributed by atoms with van der Waals surface area (Å²) in [4.78, 5) is 25.1. The first-order chi connectivity index (χ1) is 12.9. The number of primary amides is 1. The van der Waals surface area contributed by atoms with E-state index in [-0.39, 0.29) is 10.7 Å². The maximum Gasteiger partial charge on any atom is 0.314 e. The number of nitrogen functional groups attached to an aromatic ring is 1. The number of rotatable bonds is 4. The number of hydrogen-bond donors (Lipinski definition) is 3. The van der Waals surface area contributed by atoms with Gasteiger partial charge in [-0.2, -0.15) is 0 Å². The Hall–Kier alpha value is -2.22. The van der Waals surface area contributed by atoms with E-state index in [0.29, 0.717) is 30.1 Å². The summed E-state index contributed by atoms with van der Waals surface area (Å²) in [5, 5.41) is 0.652. The Bertz CT molecular complexity index is 846. The van der Waals surface area contributed by atoms with E-state index >= 15 is 0 Å². The van der Waals surface area contributed by atoms with Crippen molar-refractivity contribution >= 4 is 35.3 Å². The molecule has 1 atom stereocenters. The van der Waals surface area contributed by atoms with E-state index in [1.54, 1.807) is 28.8 Å². The van der Waals surface area contributed by atoms with Crippen LogP contribution in [0, 0.1) is 0 Å². The molecule has 0 saturated carbocycles. The first kappa shape index (κ1) is 19.5. The zero-order valence-electron chi connectivity index (χ0n) is 14.7. The number of nitrogens with one attached hydrogen (secondary N) is 1. The van der Waals surface area contributed by atoms with Crippen LogP contribution in [0.4, 0.5) is 4.79 Å². The number of thioether (sulfide) groups is 1. The maximum absolute atomic E-state index is 11.8. The van der Waals surface area contributed by atoms with Crippen molar-refractivity contribution in [2.24, 2.45) is 11.6 Å². The first-order valence-corrected chi connectivity index (χ1v) is 9.84. The third-order valence-corrected chi connectivity index (χ3v) is 6.37. The molecule has 0 aromatic heterocycles. The van der Waals surface area contributed by atoms with Crippen molar-refractivity contribution < 1.29 is 9.59 Å². The van der Waals surface area contributed by atoms with Gasteiger partial charge in [-0.3, -0.25) is 10.2 Å². The van der Waals surface area contributed by atoms with Crippen LogP contribution in [0.5, 0.6) is 0 Å². The molecule has 1 saturated heterocycles. The molecule has 0 aliphatic carbocycles. The number of nitrogens with two attached hydrogens (primary N) is 2. The van der Waals surface area contributed by atoms with Crippen LogP contribution in [-0.2, 0) is 11.2 Å². The van der Waals surface area contributed by atoms with E-state index < -0.39 is 6.03 Å². The third kappa shape index (κ3) is 4.37. The summed E-state index contributed by atoms with van der Waals surface area (Å²) in [5.41, 5.74) is 10.3. The van der Waals surface area contributed by atoms with Crippen molar-refractivity contribution in [2.45, 2.75) is 11.2 Å². The summed E-state index contributed by atoms with van der Waals surface area (Å²) >= 11 is 8.02. The van der Waals surface area contributed by atoms with Gasteiger partial charge in [0, 0.05) is 29.4 Å². The molecule has 8 heteroatoms. The average Bonchev–Trinajstić information content (AvgIpc) is 2.68. The number of amides is 3. The zero-order valence-corrected chi connectivity index (χ0v) is 16.2. The topological polar surface area (TPSA) is 101 Å². The molecule has 27 heavy (non-hydrogen) atoms. The van der Waals surface area contributed by atoms with Crippen LogP contribution < -0.4 is 17.0 Å².